The normalized spacial score (nSPS) is 12.0. The summed E-state index contributed by atoms with van der Waals surface area (Å²) in [5, 5.41) is 0. The van der Waals surface area contributed by atoms with Crippen molar-refractivity contribution in [2.24, 2.45) is 0 Å². The predicted octanol–water partition coefficient (Wildman–Crippen LogP) is 3.16. The first kappa shape index (κ1) is 15.3. The number of likely N-dealkylation sites (N-methyl/N-ethyl adjacent to an activating group) is 1. The molecule has 0 unspecified atom stereocenters. The van der Waals surface area contributed by atoms with Gasteiger partial charge in [0, 0.05) is 16.8 Å². The second-order valence-corrected chi connectivity index (χ2v) is 5.76. The van der Waals surface area contributed by atoms with Gasteiger partial charge in [0.1, 0.15) is 6.61 Å². The van der Waals surface area contributed by atoms with Crippen molar-refractivity contribution in [3.63, 3.8) is 0 Å². The number of hydrogen-bond donors (Lipinski definition) is 0. The number of nitrogens with zero attached hydrogens (tertiary/aromatic N) is 2. The van der Waals surface area contributed by atoms with Gasteiger partial charge < -0.3 is 9.64 Å². The molecule has 1 aromatic rings. The summed E-state index contributed by atoms with van der Waals surface area (Å²) >= 11 is 5.97. The van der Waals surface area contributed by atoms with Crippen LogP contribution in [0.5, 0.6) is 5.88 Å². The summed E-state index contributed by atoms with van der Waals surface area (Å²) in [6, 6.07) is 2.03. The Balaban J connectivity index is 2.91. The van der Waals surface area contributed by atoms with Gasteiger partial charge in [0.25, 0.3) is 0 Å². The minimum Gasteiger partial charge on any atom is -0.475 e. The highest BCUT2D eigenvalue weighted by molar-refractivity contribution is 6.17. The monoisotopic (exact) mass is 270 g/mol. The van der Waals surface area contributed by atoms with E-state index in [0.717, 1.165) is 16.8 Å². The molecule has 0 aliphatic carbocycles. The molecule has 0 aliphatic rings. The highest BCUT2D eigenvalue weighted by Gasteiger charge is 2.22. The van der Waals surface area contributed by atoms with Crippen molar-refractivity contribution in [2.75, 3.05) is 20.7 Å². The largest absolute Gasteiger partial charge is 0.475 e. The highest BCUT2D eigenvalue weighted by Crippen LogP contribution is 2.24. The lowest BCUT2D eigenvalue weighted by Crippen LogP contribution is -2.43. The zero-order chi connectivity index (χ0) is 13.9. The molecule has 0 spiro atoms. The SMILES string of the molecule is Cc1cc(C)c(CCl)c(OCC(C)(C)N(C)C)n1. The van der Waals surface area contributed by atoms with Gasteiger partial charge in [-0.05, 0) is 53.4 Å². The fourth-order valence-electron chi connectivity index (χ4n) is 1.49. The van der Waals surface area contributed by atoms with Gasteiger partial charge in [-0.1, -0.05) is 0 Å². The number of pyridine rings is 1. The maximum atomic E-state index is 5.97. The summed E-state index contributed by atoms with van der Waals surface area (Å²) in [6.07, 6.45) is 0. The Morgan fingerprint density at radius 2 is 1.94 bits per heavy atom. The van der Waals surface area contributed by atoms with Gasteiger partial charge in [0.05, 0.1) is 5.88 Å². The van der Waals surface area contributed by atoms with Crippen molar-refractivity contribution in [3.05, 3.63) is 22.9 Å². The quantitative estimate of drug-likeness (QED) is 0.769. The molecular formula is C14H23ClN2O. The summed E-state index contributed by atoms with van der Waals surface area (Å²) in [4.78, 5) is 6.58. The van der Waals surface area contributed by atoms with Gasteiger partial charge in [-0.15, -0.1) is 11.6 Å². The van der Waals surface area contributed by atoms with Crippen molar-refractivity contribution >= 4 is 11.6 Å². The van der Waals surface area contributed by atoms with E-state index in [1.54, 1.807) is 0 Å². The van der Waals surface area contributed by atoms with E-state index in [2.05, 4.69) is 23.7 Å². The van der Waals surface area contributed by atoms with Crippen molar-refractivity contribution in [3.8, 4) is 5.88 Å². The molecule has 18 heavy (non-hydrogen) atoms. The van der Waals surface area contributed by atoms with Gasteiger partial charge in [-0.3, -0.25) is 0 Å². The second-order valence-electron chi connectivity index (χ2n) is 5.49. The van der Waals surface area contributed by atoms with E-state index in [4.69, 9.17) is 16.3 Å². The lowest BCUT2D eigenvalue weighted by Gasteiger charge is -2.32. The average Bonchev–Trinajstić information content (AvgIpc) is 2.25. The molecule has 0 fully saturated rings. The number of ether oxygens (including phenoxy) is 1. The zero-order valence-electron chi connectivity index (χ0n) is 12.2. The Labute approximate surface area is 115 Å². The maximum absolute atomic E-state index is 5.97. The molecule has 0 atom stereocenters. The van der Waals surface area contributed by atoms with Gasteiger partial charge in [-0.2, -0.15) is 0 Å². The van der Waals surface area contributed by atoms with E-state index in [1.165, 1.54) is 0 Å². The van der Waals surface area contributed by atoms with Crippen molar-refractivity contribution < 1.29 is 4.74 Å². The zero-order valence-corrected chi connectivity index (χ0v) is 12.9. The Kier molecular flexibility index (Phi) is 5.00. The number of hydrogen-bond acceptors (Lipinski definition) is 3. The van der Waals surface area contributed by atoms with E-state index < -0.39 is 0 Å². The molecule has 0 radical (unpaired) electrons. The summed E-state index contributed by atoms with van der Waals surface area (Å²) in [7, 11) is 4.08. The number of alkyl halides is 1. The fourth-order valence-corrected chi connectivity index (χ4v) is 1.81. The first-order chi connectivity index (χ1) is 8.27. The van der Waals surface area contributed by atoms with Crippen molar-refractivity contribution in [2.45, 2.75) is 39.1 Å². The Morgan fingerprint density at radius 1 is 1.33 bits per heavy atom. The third-order valence-corrected chi connectivity index (χ3v) is 3.61. The van der Waals surface area contributed by atoms with Crippen LogP contribution in [0, 0.1) is 13.8 Å². The molecule has 0 aromatic carbocycles. The van der Waals surface area contributed by atoms with Crippen LogP contribution in [0.1, 0.15) is 30.7 Å². The summed E-state index contributed by atoms with van der Waals surface area (Å²) < 4.78 is 5.88. The van der Waals surface area contributed by atoms with Gasteiger partial charge in [0.15, 0.2) is 0 Å². The molecule has 1 heterocycles. The van der Waals surface area contributed by atoms with Crippen LogP contribution in [0.25, 0.3) is 0 Å². The standard InChI is InChI=1S/C14H23ClN2O/c1-10-7-11(2)16-13(12(10)8-15)18-9-14(3,4)17(5)6/h7H,8-9H2,1-6H3. The maximum Gasteiger partial charge on any atom is 0.218 e. The number of rotatable bonds is 5. The van der Waals surface area contributed by atoms with Gasteiger partial charge >= 0.3 is 0 Å². The molecule has 4 heteroatoms. The Hall–Kier alpha value is -0.800. The van der Waals surface area contributed by atoms with E-state index in [9.17, 15) is 0 Å². The number of aromatic nitrogens is 1. The third kappa shape index (κ3) is 3.59. The van der Waals surface area contributed by atoms with Crippen LogP contribution in [0.15, 0.2) is 6.07 Å². The topological polar surface area (TPSA) is 25.4 Å². The van der Waals surface area contributed by atoms with Gasteiger partial charge in [-0.25, -0.2) is 4.98 Å². The number of halogens is 1. The van der Waals surface area contributed by atoms with Crippen LogP contribution in [-0.2, 0) is 5.88 Å². The molecule has 0 saturated carbocycles. The first-order valence-corrected chi connectivity index (χ1v) is 6.64. The van der Waals surface area contributed by atoms with Crippen LogP contribution in [0.4, 0.5) is 0 Å². The summed E-state index contributed by atoms with van der Waals surface area (Å²) in [5.74, 6) is 1.09. The molecule has 0 saturated heterocycles. The molecular weight excluding hydrogens is 248 g/mol. The molecule has 102 valence electrons. The molecule has 0 bridgehead atoms. The Bertz CT molecular complexity index is 417. The molecule has 0 aliphatic heterocycles. The van der Waals surface area contributed by atoms with E-state index in [0.29, 0.717) is 18.4 Å². The second kappa shape index (κ2) is 5.89. The number of aryl methyl sites for hydroxylation is 2. The van der Waals surface area contributed by atoms with Crippen LogP contribution in [0.2, 0.25) is 0 Å². The van der Waals surface area contributed by atoms with Crippen LogP contribution >= 0.6 is 11.6 Å². The van der Waals surface area contributed by atoms with Crippen molar-refractivity contribution in [1.82, 2.24) is 9.88 Å². The molecule has 1 aromatic heterocycles. The summed E-state index contributed by atoms with van der Waals surface area (Å²) in [5.41, 5.74) is 3.04. The van der Waals surface area contributed by atoms with Gasteiger partial charge in [0.2, 0.25) is 5.88 Å². The van der Waals surface area contributed by atoms with E-state index >= 15 is 0 Å². The highest BCUT2D eigenvalue weighted by atomic mass is 35.5. The van der Waals surface area contributed by atoms with Crippen molar-refractivity contribution in [1.29, 1.82) is 0 Å². The van der Waals surface area contributed by atoms with E-state index in [-0.39, 0.29) is 5.54 Å². The first-order valence-electron chi connectivity index (χ1n) is 6.11. The fraction of sp³-hybridized carbons (Fsp3) is 0.643. The molecule has 1 rings (SSSR count). The predicted molar refractivity (Wildman–Crippen MR) is 76.5 cm³/mol. The van der Waals surface area contributed by atoms with Crippen LogP contribution < -0.4 is 4.74 Å². The van der Waals surface area contributed by atoms with Crippen LogP contribution in [-0.4, -0.2) is 36.1 Å². The third-order valence-electron chi connectivity index (χ3n) is 3.34. The van der Waals surface area contributed by atoms with Crippen LogP contribution in [0.3, 0.4) is 0 Å². The smallest absolute Gasteiger partial charge is 0.218 e. The molecule has 0 N–H and O–H groups in total. The lowest BCUT2D eigenvalue weighted by molar-refractivity contribution is 0.110. The lowest BCUT2D eigenvalue weighted by atomic mass is 10.1. The summed E-state index contributed by atoms with van der Waals surface area (Å²) in [6.45, 7) is 8.86. The minimum atomic E-state index is -0.0388. The van der Waals surface area contributed by atoms with E-state index in [1.807, 2.05) is 34.0 Å². The Morgan fingerprint density at radius 3 is 2.44 bits per heavy atom. The average molecular weight is 271 g/mol. The molecule has 0 amide bonds. The minimum absolute atomic E-state index is 0.0388. The molecule has 3 nitrogen and oxygen atoms in total.